The average molecular weight is 341 g/mol. The van der Waals surface area contributed by atoms with Gasteiger partial charge < -0.3 is 9.15 Å². The zero-order valence-corrected chi connectivity index (χ0v) is 15.1. The SMILES string of the molecule is CO[C@@H]1CCN(Cc2ccc(C)o2)[C@H]2CN(Cc3cccnc3)C[C@@H]12. The van der Waals surface area contributed by atoms with E-state index in [1.54, 1.807) is 0 Å². The van der Waals surface area contributed by atoms with Gasteiger partial charge in [0.05, 0.1) is 12.6 Å². The highest BCUT2D eigenvalue weighted by Gasteiger charge is 2.44. The van der Waals surface area contributed by atoms with Gasteiger partial charge in [0.2, 0.25) is 0 Å². The smallest absolute Gasteiger partial charge is 0.118 e. The minimum Gasteiger partial charge on any atom is -0.465 e. The molecule has 0 radical (unpaired) electrons. The van der Waals surface area contributed by atoms with Crippen molar-refractivity contribution >= 4 is 0 Å². The van der Waals surface area contributed by atoms with Gasteiger partial charge in [-0.2, -0.15) is 0 Å². The van der Waals surface area contributed by atoms with Crippen molar-refractivity contribution in [3.8, 4) is 0 Å². The lowest BCUT2D eigenvalue weighted by Gasteiger charge is -2.40. The molecular formula is C20H27N3O2. The Hall–Kier alpha value is -1.69. The van der Waals surface area contributed by atoms with Crippen LogP contribution in [0.3, 0.4) is 0 Å². The van der Waals surface area contributed by atoms with Crippen LogP contribution < -0.4 is 0 Å². The third-order valence-electron chi connectivity index (χ3n) is 5.64. The molecule has 0 saturated carbocycles. The van der Waals surface area contributed by atoms with Crippen LogP contribution in [0.5, 0.6) is 0 Å². The number of furan rings is 1. The first-order valence-corrected chi connectivity index (χ1v) is 9.16. The molecule has 2 aliphatic rings. The zero-order valence-electron chi connectivity index (χ0n) is 15.1. The number of rotatable bonds is 5. The highest BCUT2D eigenvalue weighted by atomic mass is 16.5. The van der Waals surface area contributed by atoms with Gasteiger partial charge in [-0.1, -0.05) is 6.07 Å². The third kappa shape index (κ3) is 3.64. The third-order valence-corrected chi connectivity index (χ3v) is 5.64. The van der Waals surface area contributed by atoms with E-state index >= 15 is 0 Å². The van der Waals surface area contributed by atoms with Crippen molar-refractivity contribution in [2.24, 2.45) is 5.92 Å². The van der Waals surface area contributed by atoms with Gasteiger partial charge in [0.25, 0.3) is 0 Å². The molecule has 0 aliphatic carbocycles. The summed E-state index contributed by atoms with van der Waals surface area (Å²) in [7, 11) is 1.86. The topological polar surface area (TPSA) is 41.7 Å². The lowest BCUT2D eigenvalue weighted by molar-refractivity contribution is -0.0263. The van der Waals surface area contributed by atoms with Gasteiger partial charge in [0.1, 0.15) is 11.5 Å². The predicted molar refractivity (Wildman–Crippen MR) is 96.1 cm³/mol. The average Bonchev–Trinajstić information content (AvgIpc) is 3.22. The molecule has 3 atom stereocenters. The Kier molecular flexibility index (Phi) is 4.88. The van der Waals surface area contributed by atoms with Crippen molar-refractivity contribution in [2.45, 2.75) is 38.6 Å². The monoisotopic (exact) mass is 341 g/mol. The Morgan fingerprint density at radius 1 is 1.24 bits per heavy atom. The number of likely N-dealkylation sites (tertiary alicyclic amines) is 2. The fourth-order valence-electron chi connectivity index (χ4n) is 4.46. The maximum absolute atomic E-state index is 5.82. The van der Waals surface area contributed by atoms with Crippen LogP contribution in [0.1, 0.15) is 23.5 Å². The molecule has 5 nitrogen and oxygen atoms in total. The molecule has 134 valence electrons. The highest BCUT2D eigenvalue weighted by molar-refractivity contribution is 5.11. The summed E-state index contributed by atoms with van der Waals surface area (Å²) < 4.78 is 11.6. The second-order valence-electron chi connectivity index (χ2n) is 7.33. The zero-order chi connectivity index (χ0) is 17.2. The molecule has 0 bridgehead atoms. The number of ether oxygens (including phenoxy) is 1. The Bertz CT molecular complexity index is 687. The van der Waals surface area contributed by atoms with Crippen LogP contribution in [0.4, 0.5) is 0 Å². The van der Waals surface area contributed by atoms with Gasteiger partial charge in [-0.3, -0.25) is 14.8 Å². The van der Waals surface area contributed by atoms with Crippen LogP contribution in [0.15, 0.2) is 41.1 Å². The summed E-state index contributed by atoms with van der Waals surface area (Å²) in [5.74, 6) is 2.62. The molecule has 0 N–H and O–H groups in total. The van der Waals surface area contributed by atoms with Crippen LogP contribution in [0, 0.1) is 12.8 Å². The summed E-state index contributed by atoms with van der Waals surface area (Å²) >= 11 is 0. The van der Waals surface area contributed by atoms with Gasteiger partial charge in [-0.25, -0.2) is 0 Å². The minimum absolute atomic E-state index is 0.360. The van der Waals surface area contributed by atoms with Crippen molar-refractivity contribution in [1.82, 2.24) is 14.8 Å². The van der Waals surface area contributed by atoms with E-state index in [9.17, 15) is 0 Å². The van der Waals surface area contributed by atoms with Crippen molar-refractivity contribution in [1.29, 1.82) is 0 Å². The van der Waals surface area contributed by atoms with E-state index in [1.807, 2.05) is 32.5 Å². The Labute approximate surface area is 149 Å². The molecule has 0 aromatic carbocycles. The van der Waals surface area contributed by atoms with E-state index in [1.165, 1.54) is 5.56 Å². The first-order chi connectivity index (χ1) is 12.2. The summed E-state index contributed by atoms with van der Waals surface area (Å²) in [6.07, 6.45) is 5.26. The second kappa shape index (κ2) is 7.28. The molecule has 0 unspecified atom stereocenters. The molecule has 4 heterocycles. The number of fused-ring (bicyclic) bond motifs is 1. The molecule has 0 amide bonds. The highest BCUT2D eigenvalue weighted by Crippen LogP contribution is 2.34. The molecule has 2 aliphatic heterocycles. The number of hydrogen-bond acceptors (Lipinski definition) is 5. The molecular weight excluding hydrogens is 314 g/mol. The van der Waals surface area contributed by atoms with Gasteiger partial charge >= 0.3 is 0 Å². The number of pyridine rings is 1. The molecule has 2 aromatic heterocycles. The quantitative estimate of drug-likeness (QED) is 0.836. The van der Waals surface area contributed by atoms with E-state index < -0.39 is 0 Å². The molecule has 2 fully saturated rings. The maximum atomic E-state index is 5.82. The van der Waals surface area contributed by atoms with E-state index in [2.05, 4.69) is 33.0 Å². The first kappa shape index (κ1) is 16.8. The minimum atomic E-state index is 0.360. The van der Waals surface area contributed by atoms with Gasteiger partial charge in [-0.15, -0.1) is 0 Å². The van der Waals surface area contributed by atoms with E-state index in [4.69, 9.17) is 9.15 Å². The largest absolute Gasteiger partial charge is 0.465 e. The second-order valence-corrected chi connectivity index (χ2v) is 7.33. The number of methoxy groups -OCH3 is 1. The summed E-state index contributed by atoms with van der Waals surface area (Å²) in [5.41, 5.74) is 1.28. The molecule has 5 heteroatoms. The number of aromatic nitrogens is 1. The maximum Gasteiger partial charge on any atom is 0.118 e. The molecule has 2 saturated heterocycles. The lowest BCUT2D eigenvalue weighted by Crippen LogP contribution is -2.50. The Balaban J connectivity index is 1.47. The van der Waals surface area contributed by atoms with Crippen LogP contribution in [0.2, 0.25) is 0 Å². The van der Waals surface area contributed by atoms with Crippen molar-refractivity contribution in [2.75, 3.05) is 26.7 Å². The Morgan fingerprint density at radius 2 is 2.16 bits per heavy atom. The fourth-order valence-corrected chi connectivity index (χ4v) is 4.46. The summed E-state index contributed by atoms with van der Waals surface area (Å²) in [5, 5.41) is 0. The van der Waals surface area contributed by atoms with Gasteiger partial charge in [0.15, 0.2) is 0 Å². The Morgan fingerprint density at radius 3 is 2.88 bits per heavy atom. The molecule has 0 spiro atoms. The normalized spacial score (nSPS) is 27.5. The first-order valence-electron chi connectivity index (χ1n) is 9.16. The van der Waals surface area contributed by atoms with Crippen LogP contribution in [-0.2, 0) is 17.8 Å². The predicted octanol–water partition coefficient (Wildman–Crippen LogP) is 2.70. The number of nitrogens with zero attached hydrogens (tertiary/aromatic N) is 3. The number of aryl methyl sites for hydroxylation is 1. The van der Waals surface area contributed by atoms with Crippen molar-refractivity contribution in [3.63, 3.8) is 0 Å². The van der Waals surface area contributed by atoms with E-state index in [-0.39, 0.29) is 0 Å². The van der Waals surface area contributed by atoms with Crippen molar-refractivity contribution < 1.29 is 9.15 Å². The molecule has 25 heavy (non-hydrogen) atoms. The standard InChI is InChI=1S/C20H27N3O2/c1-15-5-6-17(25-15)12-23-9-7-20(24-2)18-13-22(14-19(18)23)11-16-4-3-8-21-10-16/h3-6,8,10,18-20H,7,9,11-14H2,1-2H3/t18-,19+,20-/m1/s1. The van der Waals surface area contributed by atoms with Crippen LogP contribution in [-0.4, -0.2) is 53.7 Å². The van der Waals surface area contributed by atoms with Crippen molar-refractivity contribution in [3.05, 3.63) is 53.7 Å². The summed E-state index contributed by atoms with van der Waals surface area (Å²) in [6, 6.07) is 8.86. The van der Waals surface area contributed by atoms with Gasteiger partial charge in [0, 0.05) is 57.6 Å². The fraction of sp³-hybridized carbons (Fsp3) is 0.550. The molecule has 4 rings (SSSR count). The summed E-state index contributed by atoms with van der Waals surface area (Å²) in [4.78, 5) is 9.38. The van der Waals surface area contributed by atoms with Crippen LogP contribution >= 0.6 is 0 Å². The van der Waals surface area contributed by atoms with E-state index in [0.29, 0.717) is 18.1 Å². The number of hydrogen-bond donors (Lipinski definition) is 0. The molecule has 2 aromatic rings. The van der Waals surface area contributed by atoms with Gasteiger partial charge in [-0.05, 0) is 37.1 Å². The van der Waals surface area contributed by atoms with E-state index in [0.717, 1.165) is 50.7 Å². The van der Waals surface area contributed by atoms with Crippen LogP contribution in [0.25, 0.3) is 0 Å². The summed E-state index contributed by atoms with van der Waals surface area (Å²) in [6.45, 7) is 7.11. The lowest BCUT2D eigenvalue weighted by atomic mass is 9.89. The number of piperidine rings is 1.